The van der Waals surface area contributed by atoms with E-state index in [0.29, 0.717) is 12.2 Å². The maximum atomic E-state index is 13.4. The van der Waals surface area contributed by atoms with E-state index >= 15 is 0 Å². The van der Waals surface area contributed by atoms with Crippen LogP contribution in [-0.4, -0.2) is 26.4 Å². The molecule has 1 aromatic carbocycles. The Morgan fingerprint density at radius 1 is 1.33 bits per heavy atom. The van der Waals surface area contributed by atoms with Gasteiger partial charge in [-0.15, -0.1) is 5.10 Å². The van der Waals surface area contributed by atoms with Gasteiger partial charge < -0.3 is 4.74 Å². The molecule has 0 aliphatic heterocycles. The lowest BCUT2D eigenvalue weighted by Gasteiger charge is -2.13. The number of aryl methyl sites for hydroxylation is 2. The molecule has 0 aliphatic rings. The van der Waals surface area contributed by atoms with Gasteiger partial charge in [0, 0.05) is 11.8 Å². The fourth-order valence-electron chi connectivity index (χ4n) is 2.69. The molecule has 0 saturated carbocycles. The van der Waals surface area contributed by atoms with Crippen molar-refractivity contribution in [1.82, 2.24) is 19.7 Å². The summed E-state index contributed by atoms with van der Waals surface area (Å²) in [5.74, 6) is 0. The number of aromatic nitrogens is 4. The van der Waals surface area contributed by atoms with E-state index in [4.69, 9.17) is 4.74 Å². The fourth-order valence-corrected chi connectivity index (χ4v) is 2.69. The Balaban J connectivity index is 2.24. The second-order valence-electron chi connectivity index (χ2n) is 5.44. The Hall–Kier alpha value is -2.77. The Labute approximate surface area is 136 Å². The van der Waals surface area contributed by atoms with E-state index in [-0.39, 0.29) is 28.3 Å². The summed E-state index contributed by atoms with van der Waals surface area (Å²) < 4.78 is 33.3. The third kappa shape index (κ3) is 2.75. The highest BCUT2D eigenvalue weighted by molar-refractivity contribution is 5.74. The van der Waals surface area contributed by atoms with E-state index in [2.05, 4.69) is 15.1 Å². The van der Waals surface area contributed by atoms with Crippen molar-refractivity contribution in [2.75, 3.05) is 6.61 Å². The number of hydrogen-bond acceptors (Lipinski definition) is 4. The molecule has 0 aliphatic carbocycles. The number of rotatable bonds is 4. The molecule has 0 saturated heterocycles. The number of H-pyrrole nitrogens is 1. The smallest absolute Gasteiger partial charge is 0.298 e. The van der Waals surface area contributed by atoms with Crippen molar-refractivity contribution in [1.29, 1.82) is 0 Å². The predicted molar refractivity (Wildman–Crippen MR) is 85.1 cm³/mol. The van der Waals surface area contributed by atoms with Gasteiger partial charge in [0.15, 0.2) is 5.65 Å². The third-order valence-corrected chi connectivity index (χ3v) is 3.59. The minimum absolute atomic E-state index is 0.0509. The largest absolute Gasteiger partial charge is 0.465 e. The molecule has 0 unspecified atom stereocenters. The van der Waals surface area contributed by atoms with E-state index in [0.717, 1.165) is 5.56 Å². The number of halogens is 2. The van der Waals surface area contributed by atoms with Crippen LogP contribution in [0.2, 0.25) is 0 Å². The molecular weight excluding hydrogens is 318 g/mol. The highest BCUT2D eigenvalue weighted by Gasteiger charge is 2.19. The van der Waals surface area contributed by atoms with Gasteiger partial charge in [0.1, 0.15) is 5.39 Å². The number of alkyl halides is 2. The summed E-state index contributed by atoms with van der Waals surface area (Å²) in [4.78, 5) is 18.7. The highest BCUT2D eigenvalue weighted by atomic mass is 19.3. The Morgan fingerprint density at radius 2 is 2.08 bits per heavy atom. The van der Waals surface area contributed by atoms with Gasteiger partial charge >= 0.3 is 0 Å². The first-order valence-corrected chi connectivity index (χ1v) is 7.43. The zero-order valence-electron chi connectivity index (χ0n) is 13.4. The first kappa shape index (κ1) is 16.1. The quantitative estimate of drug-likeness (QED) is 0.796. The van der Waals surface area contributed by atoms with Crippen LogP contribution in [-0.2, 0) is 0 Å². The molecule has 3 aromatic rings. The summed E-state index contributed by atoms with van der Waals surface area (Å²) in [7, 11) is 0. The van der Waals surface area contributed by atoms with Gasteiger partial charge in [-0.2, -0.15) is 4.98 Å². The van der Waals surface area contributed by atoms with Gasteiger partial charge in [-0.25, -0.2) is 13.5 Å². The Morgan fingerprint density at radius 3 is 2.75 bits per heavy atom. The minimum Gasteiger partial charge on any atom is -0.465 e. The topological polar surface area (TPSA) is 72.8 Å². The van der Waals surface area contributed by atoms with Crippen LogP contribution in [0, 0.1) is 13.8 Å². The number of aromatic amines is 1. The summed E-state index contributed by atoms with van der Waals surface area (Å²) in [6, 6.07) is 3.26. The SMILES string of the molecule is CCOc1nc2nn(-c3c(C)cc(C)cc3C(F)F)cc2c(=O)[nH]1. The standard InChI is InChI=1S/C16H16F2N4O2/c1-4-24-16-19-14-11(15(23)20-16)7-22(21-14)12-9(3)5-8(2)6-10(12)13(17)18/h5-7,13H,4H2,1-3H3,(H,19,20,21,23). The van der Waals surface area contributed by atoms with Crippen molar-refractivity contribution in [2.24, 2.45) is 0 Å². The monoisotopic (exact) mass is 334 g/mol. The molecule has 0 spiro atoms. The predicted octanol–water partition coefficient (Wildman–Crippen LogP) is 3.06. The highest BCUT2D eigenvalue weighted by Crippen LogP contribution is 2.30. The lowest BCUT2D eigenvalue weighted by atomic mass is 10.0. The molecule has 0 radical (unpaired) electrons. The Bertz CT molecular complexity index is 963. The van der Waals surface area contributed by atoms with Gasteiger partial charge in [0.2, 0.25) is 0 Å². The zero-order valence-corrected chi connectivity index (χ0v) is 13.4. The summed E-state index contributed by atoms with van der Waals surface area (Å²) in [5, 5.41) is 4.40. The summed E-state index contributed by atoms with van der Waals surface area (Å²) in [5.41, 5.74) is 1.20. The molecule has 24 heavy (non-hydrogen) atoms. The molecule has 0 fully saturated rings. The molecule has 126 valence electrons. The lowest BCUT2D eigenvalue weighted by molar-refractivity contribution is 0.151. The van der Waals surface area contributed by atoms with E-state index in [1.54, 1.807) is 26.8 Å². The van der Waals surface area contributed by atoms with Gasteiger partial charge in [-0.3, -0.25) is 9.78 Å². The first-order chi connectivity index (χ1) is 11.4. The van der Waals surface area contributed by atoms with Crippen molar-refractivity contribution in [2.45, 2.75) is 27.2 Å². The number of benzene rings is 1. The van der Waals surface area contributed by atoms with Crippen LogP contribution in [0.5, 0.6) is 6.01 Å². The van der Waals surface area contributed by atoms with Crippen molar-refractivity contribution in [3.63, 3.8) is 0 Å². The summed E-state index contributed by atoms with van der Waals surface area (Å²) >= 11 is 0. The molecule has 1 N–H and O–H groups in total. The van der Waals surface area contributed by atoms with Crippen LogP contribution >= 0.6 is 0 Å². The molecule has 0 amide bonds. The molecule has 6 nitrogen and oxygen atoms in total. The number of nitrogens with one attached hydrogen (secondary N) is 1. The lowest BCUT2D eigenvalue weighted by Crippen LogP contribution is -2.09. The van der Waals surface area contributed by atoms with Gasteiger partial charge in [-0.1, -0.05) is 11.6 Å². The average molecular weight is 334 g/mol. The van der Waals surface area contributed by atoms with E-state index in [1.807, 2.05) is 0 Å². The van der Waals surface area contributed by atoms with Crippen molar-refractivity contribution in [3.05, 3.63) is 45.4 Å². The molecular formula is C16H16F2N4O2. The van der Waals surface area contributed by atoms with Gasteiger partial charge in [0.05, 0.1) is 12.3 Å². The second kappa shape index (κ2) is 6.03. The molecule has 2 heterocycles. The number of nitrogens with zero attached hydrogens (tertiary/aromatic N) is 3. The van der Waals surface area contributed by atoms with Crippen LogP contribution in [0.25, 0.3) is 16.7 Å². The van der Waals surface area contributed by atoms with E-state index < -0.39 is 12.0 Å². The summed E-state index contributed by atoms with van der Waals surface area (Å²) in [6.07, 6.45) is -1.25. The molecule has 3 rings (SSSR count). The van der Waals surface area contributed by atoms with Crippen LogP contribution in [0.3, 0.4) is 0 Å². The van der Waals surface area contributed by atoms with Crippen LogP contribution < -0.4 is 10.3 Å². The number of fused-ring (bicyclic) bond motifs is 1. The normalized spacial score (nSPS) is 11.4. The van der Waals surface area contributed by atoms with E-state index in [1.165, 1.54) is 16.9 Å². The second-order valence-corrected chi connectivity index (χ2v) is 5.44. The maximum Gasteiger partial charge on any atom is 0.298 e. The van der Waals surface area contributed by atoms with Crippen LogP contribution in [0.1, 0.15) is 30.0 Å². The minimum atomic E-state index is -2.66. The van der Waals surface area contributed by atoms with Crippen molar-refractivity contribution >= 4 is 11.0 Å². The fraction of sp³-hybridized carbons (Fsp3) is 0.312. The van der Waals surface area contributed by atoms with Crippen LogP contribution in [0.15, 0.2) is 23.1 Å². The summed E-state index contributed by atoms with van der Waals surface area (Å²) in [6.45, 7) is 5.57. The number of ether oxygens (including phenoxy) is 1. The molecule has 8 heteroatoms. The maximum absolute atomic E-state index is 13.4. The average Bonchev–Trinajstić information content (AvgIpc) is 2.90. The van der Waals surface area contributed by atoms with Crippen molar-refractivity contribution in [3.8, 4) is 11.7 Å². The zero-order chi connectivity index (χ0) is 17.4. The van der Waals surface area contributed by atoms with E-state index in [9.17, 15) is 13.6 Å². The van der Waals surface area contributed by atoms with Gasteiger partial charge in [0.25, 0.3) is 18.0 Å². The third-order valence-electron chi connectivity index (χ3n) is 3.59. The molecule has 0 bridgehead atoms. The molecule has 2 aromatic heterocycles. The van der Waals surface area contributed by atoms with Crippen molar-refractivity contribution < 1.29 is 13.5 Å². The number of hydrogen-bond donors (Lipinski definition) is 1. The van der Waals surface area contributed by atoms with Crippen LogP contribution in [0.4, 0.5) is 8.78 Å². The van der Waals surface area contributed by atoms with Gasteiger partial charge in [-0.05, 0) is 32.4 Å². The first-order valence-electron chi connectivity index (χ1n) is 7.43. The Kier molecular flexibility index (Phi) is 4.04. The molecule has 0 atom stereocenters.